The lowest BCUT2D eigenvalue weighted by Crippen LogP contribution is -2.14. The molecule has 0 saturated heterocycles. The highest BCUT2D eigenvalue weighted by molar-refractivity contribution is 5.44. The van der Waals surface area contributed by atoms with Gasteiger partial charge in [-0.2, -0.15) is 0 Å². The lowest BCUT2D eigenvalue weighted by atomic mass is 10.4. The van der Waals surface area contributed by atoms with Crippen molar-refractivity contribution >= 4 is 5.69 Å². The van der Waals surface area contributed by atoms with E-state index < -0.39 is 0 Å². The predicted octanol–water partition coefficient (Wildman–Crippen LogP) is 0.477. The van der Waals surface area contributed by atoms with Gasteiger partial charge in [0.15, 0.2) is 0 Å². The maximum absolute atomic E-state index is 5.29. The van der Waals surface area contributed by atoms with E-state index in [0.29, 0.717) is 25.6 Å². The van der Waals surface area contributed by atoms with Crippen molar-refractivity contribution < 1.29 is 9.47 Å². The minimum absolute atomic E-state index is 0.559. The number of nitrogens with one attached hydrogen (secondary N) is 1. The van der Waals surface area contributed by atoms with E-state index >= 15 is 0 Å². The number of methoxy groups -OCH3 is 1. The number of pyridine rings is 1. The van der Waals surface area contributed by atoms with Gasteiger partial charge in [-0.05, 0) is 6.07 Å². The molecule has 5 nitrogen and oxygen atoms in total. The summed E-state index contributed by atoms with van der Waals surface area (Å²) in [7, 11) is 1.59. The maximum atomic E-state index is 5.29. The summed E-state index contributed by atoms with van der Waals surface area (Å²) < 4.78 is 10.2. The molecule has 1 rings (SSSR count). The first-order chi connectivity index (χ1) is 7.36. The van der Waals surface area contributed by atoms with E-state index in [1.165, 1.54) is 0 Å². The van der Waals surface area contributed by atoms with E-state index in [0.717, 1.165) is 12.2 Å². The molecular formula is C10H17N3O2. The van der Waals surface area contributed by atoms with Crippen molar-refractivity contribution in [3.63, 3.8) is 0 Å². The molecule has 1 aromatic heterocycles. The van der Waals surface area contributed by atoms with Crippen molar-refractivity contribution in [2.24, 2.45) is 5.73 Å². The fourth-order valence-corrected chi connectivity index (χ4v) is 1.08. The topological polar surface area (TPSA) is 69.4 Å². The summed E-state index contributed by atoms with van der Waals surface area (Å²) in [4.78, 5) is 4.01. The van der Waals surface area contributed by atoms with Crippen LogP contribution in [0.25, 0.3) is 0 Å². The van der Waals surface area contributed by atoms with Gasteiger partial charge in [-0.3, -0.25) is 0 Å². The number of nitrogens with zero attached hydrogens (tertiary/aromatic N) is 1. The van der Waals surface area contributed by atoms with E-state index in [1.807, 2.05) is 12.1 Å². The predicted molar refractivity (Wildman–Crippen MR) is 59.2 cm³/mol. The average molecular weight is 211 g/mol. The van der Waals surface area contributed by atoms with Crippen molar-refractivity contribution in [3.05, 3.63) is 18.3 Å². The molecular weight excluding hydrogens is 194 g/mol. The normalized spacial score (nSPS) is 10.0. The van der Waals surface area contributed by atoms with Gasteiger partial charge in [0.1, 0.15) is 0 Å². The molecule has 0 atom stereocenters. The van der Waals surface area contributed by atoms with Crippen molar-refractivity contribution in [3.8, 4) is 5.88 Å². The van der Waals surface area contributed by atoms with Gasteiger partial charge in [0.2, 0.25) is 5.88 Å². The molecule has 15 heavy (non-hydrogen) atoms. The molecule has 0 aliphatic heterocycles. The first-order valence-corrected chi connectivity index (χ1v) is 4.88. The average Bonchev–Trinajstić information content (AvgIpc) is 2.29. The molecule has 0 saturated carbocycles. The second-order valence-corrected chi connectivity index (χ2v) is 2.91. The number of ether oxygens (including phenoxy) is 2. The van der Waals surface area contributed by atoms with Gasteiger partial charge in [0, 0.05) is 31.0 Å². The van der Waals surface area contributed by atoms with Crippen LogP contribution in [0.2, 0.25) is 0 Å². The van der Waals surface area contributed by atoms with Crippen molar-refractivity contribution in [2.45, 2.75) is 0 Å². The number of anilines is 1. The third-order valence-corrected chi connectivity index (χ3v) is 1.78. The Morgan fingerprint density at radius 1 is 1.47 bits per heavy atom. The molecule has 1 aromatic rings. The van der Waals surface area contributed by atoms with E-state index in [1.54, 1.807) is 13.3 Å². The van der Waals surface area contributed by atoms with Crippen LogP contribution in [-0.4, -0.2) is 38.4 Å². The van der Waals surface area contributed by atoms with E-state index in [9.17, 15) is 0 Å². The molecule has 0 fully saturated rings. The standard InChI is InChI=1S/C10H17N3O2/c1-14-10-8-9(2-4-13-10)12-5-7-15-6-3-11/h2,4,8H,3,5-7,11H2,1H3,(H,12,13). The lowest BCUT2D eigenvalue weighted by molar-refractivity contribution is 0.151. The summed E-state index contributed by atoms with van der Waals surface area (Å²) in [6, 6.07) is 3.72. The summed E-state index contributed by atoms with van der Waals surface area (Å²) in [5.74, 6) is 0.600. The summed E-state index contributed by atoms with van der Waals surface area (Å²) in [6.07, 6.45) is 1.70. The number of hydrogen-bond donors (Lipinski definition) is 2. The lowest BCUT2D eigenvalue weighted by Gasteiger charge is -2.07. The second-order valence-electron chi connectivity index (χ2n) is 2.91. The van der Waals surface area contributed by atoms with Crippen molar-refractivity contribution in [1.29, 1.82) is 0 Å². The summed E-state index contributed by atoms with van der Waals surface area (Å²) in [5.41, 5.74) is 6.26. The first-order valence-electron chi connectivity index (χ1n) is 4.88. The number of nitrogens with two attached hydrogens (primary N) is 1. The Labute approximate surface area is 89.6 Å². The molecule has 0 aliphatic carbocycles. The van der Waals surface area contributed by atoms with Gasteiger partial charge in [-0.15, -0.1) is 0 Å². The van der Waals surface area contributed by atoms with Crippen LogP contribution >= 0.6 is 0 Å². The Morgan fingerprint density at radius 2 is 2.33 bits per heavy atom. The number of rotatable bonds is 7. The SMILES string of the molecule is COc1cc(NCCOCCN)ccn1. The largest absolute Gasteiger partial charge is 0.481 e. The summed E-state index contributed by atoms with van der Waals surface area (Å²) >= 11 is 0. The summed E-state index contributed by atoms with van der Waals surface area (Å²) in [6.45, 7) is 2.54. The van der Waals surface area contributed by atoms with Gasteiger partial charge < -0.3 is 20.5 Å². The van der Waals surface area contributed by atoms with Gasteiger partial charge in [0.05, 0.1) is 20.3 Å². The van der Waals surface area contributed by atoms with Crippen LogP contribution < -0.4 is 15.8 Å². The zero-order chi connectivity index (χ0) is 10.9. The Bertz CT molecular complexity index is 281. The van der Waals surface area contributed by atoms with Crippen LogP contribution in [0.3, 0.4) is 0 Å². The molecule has 3 N–H and O–H groups in total. The molecule has 0 aromatic carbocycles. The fraction of sp³-hybridized carbons (Fsp3) is 0.500. The Balaban J connectivity index is 2.24. The minimum atomic E-state index is 0.559. The van der Waals surface area contributed by atoms with Gasteiger partial charge in [-0.25, -0.2) is 4.98 Å². The Hall–Kier alpha value is -1.33. The van der Waals surface area contributed by atoms with E-state index in [4.69, 9.17) is 15.2 Å². The second kappa shape index (κ2) is 7.03. The molecule has 0 aliphatic rings. The molecule has 0 unspecified atom stereocenters. The highest BCUT2D eigenvalue weighted by Crippen LogP contribution is 2.12. The highest BCUT2D eigenvalue weighted by atomic mass is 16.5. The zero-order valence-electron chi connectivity index (χ0n) is 8.90. The van der Waals surface area contributed by atoms with E-state index in [-0.39, 0.29) is 0 Å². The zero-order valence-corrected chi connectivity index (χ0v) is 8.90. The van der Waals surface area contributed by atoms with Crippen LogP contribution in [0.5, 0.6) is 5.88 Å². The van der Waals surface area contributed by atoms with Crippen molar-refractivity contribution in [1.82, 2.24) is 4.98 Å². The molecule has 0 amide bonds. The number of hydrogen-bond acceptors (Lipinski definition) is 5. The highest BCUT2D eigenvalue weighted by Gasteiger charge is 1.95. The minimum Gasteiger partial charge on any atom is -0.481 e. The van der Waals surface area contributed by atoms with Crippen LogP contribution in [-0.2, 0) is 4.74 Å². The first kappa shape index (κ1) is 11.7. The van der Waals surface area contributed by atoms with E-state index in [2.05, 4.69) is 10.3 Å². The molecule has 84 valence electrons. The molecule has 1 heterocycles. The van der Waals surface area contributed by atoms with Gasteiger partial charge in [0.25, 0.3) is 0 Å². The van der Waals surface area contributed by atoms with Gasteiger partial charge in [-0.1, -0.05) is 0 Å². The molecule has 0 bridgehead atoms. The van der Waals surface area contributed by atoms with Crippen molar-refractivity contribution in [2.75, 3.05) is 38.7 Å². The maximum Gasteiger partial charge on any atom is 0.214 e. The summed E-state index contributed by atoms with van der Waals surface area (Å²) in [5, 5.41) is 3.19. The fourth-order valence-electron chi connectivity index (χ4n) is 1.08. The molecule has 5 heteroatoms. The van der Waals surface area contributed by atoms with Crippen LogP contribution in [0.4, 0.5) is 5.69 Å². The number of aromatic nitrogens is 1. The Morgan fingerprint density at radius 3 is 3.07 bits per heavy atom. The molecule has 0 radical (unpaired) electrons. The van der Waals surface area contributed by atoms with Crippen LogP contribution in [0.1, 0.15) is 0 Å². The third-order valence-electron chi connectivity index (χ3n) is 1.78. The smallest absolute Gasteiger partial charge is 0.214 e. The molecule has 0 spiro atoms. The third kappa shape index (κ3) is 4.62. The van der Waals surface area contributed by atoms with Crippen LogP contribution in [0, 0.1) is 0 Å². The van der Waals surface area contributed by atoms with Crippen LogP contribution in [0.15, 0.2) is 18.3 Å². The van der Waals surface area contributed by atoms with Gasteiger partial charge >= 0.3 is 0 Å². The quantitative estimate of drug-likeness (QED) is 0.642. The Kier molecular flexibility index (Phi) is 5.50. The monoisotopic (exact) mass is 211 g/mol.